The van der Waals surface area contributed by atoms with Crippen molar-refractivity contribution in [2.45, 2.75) is 38.8 Å². The van der Waals surface area contributed by atoms with E-state index < -0.39 is 0 Å². The number of nitrogens with zero attached hydrogens (tertiary/aromatic N) is 8. The number of likely N-dealkylation sites (tertiary alicyclic amines) is 1. The molecule has 2 fully saturated rings. The van der Waals surface area contributed by atoms with E-state index in [2.05, 4.69) is 38.3 Å². The molecule has 1 unspecified atom stereocenters. The quantitative estimate of drug-likeness (QED) is 0.331. The first kappa shape index (κ1) is 27.7. The molecule has 6 rings (SSSR count). The number of likely N-dealkylation sites (N-methyl/N-ethyl adjacent to an activating group) is 1. The summed E-state index contributed by atoms with van der Waals surface area (Å²) in [7, 11) is 4.01. The summed E-state index contributed by atoms with van der Waals surface area (Å²) >= 11 is 3.07. The van der Waals surface area contributed by atoms with E-state index in [0.717, 1.165) is 58.1 Å². The summed E-state index contributed by atoms with van der Waals surface area (Å²) in [4.78, 5) is 32.2. The number of fused-ring (bicyclic) bond motifs is 1. The second-order valence-corrected chi connectivity index (χ2v) is 12.9. The lowest BCUT2D eigenvalue weighted by atomic mass is 10.1. The number of aliphatic hydroxyl groups excluding tert-OH is 1. The lowest BCUT2D eigenvalue weighted by Crippen LogP contribution is -2.56. The van der Waals surface area contributed by atoms with Gasteiger partial charge in [-0.3, -0.25) is 14.1 Å². The fraction of sp³-hybridized carbons (Fsp3) is 0.448. The summed E-state index contributed by atoms with van der Waals surface area (Å²) < 4.78 is 2.15. The minimum absolute atomic E-state index is 0.0814. The van der Waals surface area contributed by atoms with Crippen LogP contribution in [-0.2, 0) is 11.2 Å². The normalized spacial score (nSPS) is 17.4. The van der Waals surface area contributed by atoms with E-state index >= 15 is 0 Å². The van der Waals surface area contributed by atoms with Crippen molar-refractivity contribution < 1.29 is 9.90 Å². The van der Waals surface area contributed by atoms with Crippen LogP contribution in [0.15, 0.2) is 30.5 Å². The Labute approximate surface area is 247 Å². The first-order chi connectivity index (χ1) is 19.7. The summed E-state index contributed by atoms with van der Waals surface area (Å²) in [5.74, 6) is 1.05. The van der Waals surface area contributed by atoms with E-state index in [0.29, 0.717) is 30.2 Å². The molecule has 5 heterocycles. The maximum absolute atomic E-state index is 12.5. The van der Waals surface area contributed by atoms with Crippen LogP contribution >= 0.6 is 22.7 Å². The summed E-state index contributed by atoms with van der Waals surface area (Å²) in [5, 5.41) is 21.3. The highest BCUT2D eigenvalue weighted by atomic mass is 32.1. The van der Waals surface area contributed by atoms with Gasteiger partial charge in [0.15, 0.2) is 10.1 Å². The highest BCUT2D eigenvalue weighted by molar-refractivity contribution is 7.21. The van der Waals surface area contributed by atoms with Crippen molar-refractivity contribution in [3.05, 3.63) is 46.6 Å². The van der Waals surface area contributed by atoms with Gasteiger partial charge in [0, 0.05) is 51.0 Å². The molecule has 2 aliphatic rings. The van der Waals surface area contributed by atoms with Crippen LogP contribution in [0.5, 0.6) is 0 Å². The van der Waals surface area contributed by atoms with Gasteiger partial charge in [-0.25, -0.2) is 9.97 Å². The molecule has 3 aromatic heterocycles. The van der Waals surface area contributed by atoms with Crippen LogP contribution in [0.2, 0.25) is 0 Å². The Morgan fingerprint density at radius 1 is 1.17 bits per heavy atom. The van der Waals surface area contributed by atoms with Crippen molar-refractivity contribution in [2.24, 2.45) is 0 Å². The molecular weight excluding hydrogens is 557 g/mol. The van der Waals surface area contributed by atoms with E-state index in [1.165, 1.54) is 16.9 Å². The summed E-state index contributed by atoms with van der Waals surface area (Å²) in [5.41, 5.74) is 3.80. The Hall–Kier alpha value is -3.50. The van der Waals surface area contributed by atoms with Crippen LogP contribution in [0.1, 0.15) is 29.5 Å². The van der Waals surface area contributed by atoms with Gasteiger partial charge in [-0.2, -0.15) is 5.26 Å². The van der Waals surface area contributed by atoms with Gasteiger partial charge >= 0.3 is 0 Å². The average Bonchev–Trinajstić information content (AvgIpc) is 3.73. The molecule has 214 valence electrons. The second-order valence-electron chi connectivity index (χ2n) is 10.9. The number of hydrogen-bond acceptors (Lipinski definition) is 10. The van der Waals surface area contributed by atoms with Crippen molar-refractivity contribution in [2.75, 3.05) is 56.6 Å². The Kier molecular flexibility index (Phi) is 7.46. The van der Waals surface area contributed by atoms with Crippen molar-refractivity contribution in [1.29, 1.82) is 5.26 Å². The number of thiazole rings is 2. The monoisotopic (exact) mass is 590 g/mol. The van der Waals surface area contributed by atoms with Crippen LogP contribution in [0.4, 0.5) is 16.0 Å². The lowest BCUT2D eigenvalue weighted by Gasteiger charge is -2.37. The summed E-state index contributed by atoms with van der Waals surface area (Å²) in [6.07, 6.45) is 3.55. The number of carbonyl (C=O) groups is 1. The van der Waals surface area contributed by atoms with Gasteiger partial charge in [0.2, 0.25) is 5.91 Å². The van der Waals surface area contributed by atoms with Gasteiger partial charge < -0.3 is 19.8 Å². The molecule has 0 saturated carbocycles. The van der Waals surface area contributed by atoms with Crippen molar-refractivity contribution >= 4 is 49.5 Å². The second kappa shape index (κ2) is 11.1. The fourth-order valence-corrected chi connectivity index (χ4v) is 7.42. The molecule has 0 radical (unpaired) electrons. The maximum Gasteiger partial charge on any atom is 0.236 e. The van der Waals surface area contributed by atoms with E-state index in [1.807, 2.05) is 45.3 Å². The average molecular weight is 591 g/mol. The first-order valence-corrected chi connectivity index (χ1v) is 15.5. The smallest absolute Gasteiger partial charge is 0.236 e. The molecule has 0 aliphatic carbocycles. The highest BCUT2D eigenvalue weighted by Crippen LogP contribution is 2.39. The standard InChI is InChI=1S/C29H34N8O2S2/c1-5-22-27(34(4)28-32-26(23(12-30)40-28)19-8-6-18(2)7-9-19)37-17-25(41-29(37)31-22)35-11-10-20(13-35)33(3)16-24(39)36-14-21(38)15-36/h6-9,17,20-21,38H,5,10-11,13-16H2,1-4H3. The first-order valence-electron chi connectivity index (χ1n) is 13.9. The number of aryl methyl sites for hydroxylation is 2. The van der Waals surface area contributed by atoms with E-state index in [9.17, 15) is 15.2 Å². The Morgan fingerprint density at radius 2 is 1.93 bits per heavy atom. The molecule has 4 aromatic rings. The van der Waals surface area contributed by atoms with E-state index in [-0.39, 0.29) is 18.1 Å². The van der Waals surface area contributed by atoms with Crippen molar-refractivity contribution in [3.8, 4) is 17.3 Å². The molecular formula is C29H34N8O2S2. The number of benzene rings is 1. The van der Waals surface area contributed by atoms with Gasteiger partial charge in [-0.05, 0) is 26.8 Å². The third kappa shape index (κ3) is 5.19. The van der Waals surface area contributed by atoms with Crippen LogP contribution in [-0.4, -0.2) is 94.1 Å². The predicted molar refractivity (Wildman–Crippen MR) is 163 cm³/mol. The zero-order valence-corrected chi connectivity index (χ0v) is 25.4. The number of imidazole rings is 1. The third-order valence-electron chi connectivity index (χ3n) is 8.04. The Morgan fingerprint density at radius 3 is 2.61 bits per heavy atom. The van der Waals surface area contributed by atoms with Gasteiger partial charge in [0.05, 0.1) is 18.3 Å². The van der Waals surface area contributed by atoms with Gasteiger partial charge in [0.1, 0.15) is 27.5 Å². The van der Waals surface area contributed by atoms with Gasteiger partial charge in [0.25, 0.3) is 0 Å². The molecule has 0 bridgehead atoms. The van der Waals surface area contributed by atoms with Crippen molar-refractivity contribution in [1.82, 2.24) is 24.2 Å². The van der Waals surface area contributed by atoms with E-state index in [4.69, 9.17) is 9.97 Å². The zero-order valence-electron chi connectivity index (χ0n) is 23.7. The molecule has 0 spiro atoms. The summed E-state index contributed by atoms with van der Waals surface area (Å²) in [6, 6.07) is 10.7. The molecule has 41 heavy (non-hydrogen) atoms. The molecule has 1 atom stereocenters. The Bertz CT molecular complexity index is 1610. The van der Waals surface area contributed by atoms with Crippen molar-refractivity contribution in [3.63, 3.8) is 0 Å². The van der Waals surface area contributed by atoms with E-state index in [1.54, 1.807) is 16.2 Å². The molecule has 2 saturated heterocycles. The Balaban J connectivity index is 1.22. The largest absolute Gasteiger partial charge is 0.389 e. The zero-order chi connectivity index (χ0) is 28.8. The lowest BCUT2D eigenvalue weighted by molar-refractivity contribution is -0.142. The number of carbonyl (C=O) groups excluding carboxylic acids is 1. The van der Waals surface area contributed by atoms with Crippen LogP contribution in [0.3, 0.4) is 0 Å². The number of nitriles is 1. The summed E-state index contributed by atoms with van der Waals surface area (Å²) in [6.45, 7) is 7.18. The molecule has 10 nitrogen and oxygen atoms in total. The number of β-amino-alcohol motifs (C(OH)–C–C–N with tert-alkyl or cyclic N) is 1. The fourth-order valence-electron chi connectivity index (χ4n) is 5.54. The minimum atomic E-state index is -0.375. The topological polar surface area (TPSA) is 104 Å². The number of rotatable bonds is 8. The van der Waals surface area contributed by atoms with Crippen LogP contribution in [0.25, 0.3) is 16.2 Å². The highest BCUT2D eigenvalue weighted by Gasteiger charge is 2.33. The maximum atomic E-state index is 12.5. The van der Waals surface area contributed by atoms with Gasteiger partial charge in [-0.1, -0.05) is 59.4 Å². The molecule has 2 aliphatic heterocycles. The minimum Gasteiger partial charge on any atom is -0.389 e. The number of hydrogen-bond donors (Lipinski definition) is 1. The molecule has 1 amide bonds. The number of anilines is 3. The molecule has 12 heteroatoms. The number of aliphatic hydroxyl groups is 1. The molecule has 1 N–H and O–H groups in total. The van der Waals surface area contributed by atoms with Crippen LogP contribution < -0.4 is 9.80 Å². The third-order valence-corrected chi connectivity index (χ3v) is 10.1. The number of amides is 1. The van der Waals surface area contributed by atoms with Crippen LogP contribution in [0, 0.1) is 18.3 Å². The number of aromatic nitrogens is 3. The SMILES string of the molecule is CCc1nc2sc(N3CCC(N(C)CC(=O)N4CC(O)C4)C3)cn2c1N(C)c1nc(-c2ccc(C)cc2)c(C#N)s1. The van der Waals surface area contributed by atoms with Gasteiger partial charge in [-0.15, -0.1) is 0 Å². The molecule has 1 aromatic carbocycles. The predicted octanol–water partition coefficient (Wildman–Crippen LogP) is 3.74.